The predicted octanol–water partition coefficient (Wildman–Crippen LogP) is 2.54. The third-order valence-electron chi connectivity index (χ3n) is 2.37. The van der Waals surface area contributed by atoms with Crippen LogP contribution in [-0.4, -0.2) is 19.8 Å². The monoisotopic (exact) mass is 235 g/mol. The topological polar surface area (TPSA) is 44.5 Å². The Morgan fingerprint density at radius 3 is 2.76 bits per heavy atom. The molecule has 3 nitrogen and oxygen atoms in total. The lowest BCUT2D eigenvalue weighted by atomic mass is 10.1. The van der Waals surface area contributed by atoms with Gasteiger partial charge in [-0.15, -0.1) is 6.58 Å². The van der Waals surface area contributed by atoms with Crippen LogP contribution in [0.2, 0.25) is 0 Å². The Labute approximate surface area is 103 Å². The quantitative estimate of drug-likeness (QED) is 0.583. The highest BCUT2D eigenvalue weighted by Gasteiger charge is 2.06. The molecule has 2 N–H and O–H groups in total. The highest BCUT2D eigenvalue weighted by atomic mass is 16.5. The summed E-state index contributed by atoms with van der Waals surface area (Å²) < 4.78 is 10.9. The summed E-state index contributed by atoms with van der Waals surface area (Å²) in [5.74, 6) is 1.52. The molecule has 1 atom stereocenters. The minimum Gasteiger partial charge on any atom is -0.493 e. The number of nitrogens with two attached hydrogens (primary N) is 1. The van der Waals surface area contributed by atoms with E-state index < -0.39 is 0 Å². The van der Waals surface area contributed by atoms with E-state index in [-0.39, 0.29) is 6.04 Å². The molecule has 0 spiro atoms. The SMILES string of the molecule is C=CCCOc1cc(CC(C)N)ccc1OC. The molecule has 1 rings (SSSR count). The molecule has 1 aromatic rings. The Kier molecular flexibility index (Phi) is 5.57. The predicted molar refractivity (Wildman–Crippen MR) is 70.7 cm³/mol. The summed E-state index contributed by atoms with van der Waals surface area (Å²) in [6.07, 6.45) is 3.49. The van der Waals surface area contributed by atoms with E-state index in [1.54, 1.807) is 7.11 Å². The zero-order valence-electron chi connectivity index (χ0n) is 10.6. The molecule has 3 heteroatoms. The number of methoxy groups -OCH3 is 1. The standard InChI is InChI=1S/C14H21NO2/c1-4-5-8-17-14-10-12(9-11(2)15)6-7-13(14)16-3/h4,6-7,10-11H,1,5,8-9,15H2,2-3H3. The molecular formula is C14H21NO2. The minimum atomic E-state index is 0.143. The van der Waals surface area contributed by atoms with Crippen molar-refractivity contribution in [2.45, 2.75) is 25.8 Å². The Morgan fingerprint density at radius 2 is 2.18 bits per heavy atom. The van der Waals surface area contributed by atoms with Gasteiger partial charge in [-0.05, 0) is 37.5 Å². The van der Waals surface area contributed by atoms with Gasteiger partial charge in [-0.3, -0.25) is 0 Å². The third-order valence-corrected chi connectivity index (χ3v) is 2.37. The summed E-state index contributed by atoms with van der Waals surface area (Å²) in [4.78, 5) is 0. The van der Waals surface area contributed by atoms with Gasteiger partial charge in [-0.1, -0.05) is 12.1 Å². The second kappa shape index (κ2) is 6.97. The van der Waals surface area contributed by atoms with E-state index in [0.29, 0.717) is 6.61 Å². The molecule has 0 heterocycles. The van der Waals surface area contributed by atoms with Crippen LogP contribution >= 0.6 is 0 Å². The normalized spacial score (nSPS) is 11.9. The van der Waals surface area contributed by atoms with Crippen LogP contribution in [0.5, 0.6) is 11.5 Å². The van der Waals surface area contributed by atoms with Crippen molar-refractivity contribution in [1.29, 1.82) is 0 Å². The maximum Gasteiger partial charge on any atom is 0.161 e. The molecule has 1 aromatic carbocycles. The lowest BCUT2D eigenvalue weighted by molar-refractivity contribution is 0.299. The summed E-state index contributed by atoms with van der Waals surface area (Å²) >= 11 is 0. The van der Waals surface area contributed by atoms with Crippen molar-refractivity contribution in [3.63, 3.8) is 0 Å². The zero-order valence-corrected chi connectivity index (χ0v) is 10.6. The highest BCUT2D eigenvalue weighted by Crippen LogP contribution is 2.28. The second-order valence-corrected chi connectivity index (χ2v) is 4.09. The van der Waals surface area contributed by atoms with Gasteiger partial charge in [-0.25, -0.2) is 0 Å². The number of rotatable bonds is 7. The van der Waals surface area contributed by atoms with Crippen LogP contribution in [-0.2, 0) is 6.42 Å². The third kappa shape index (κ3) is 4.49. The highest BCUT2D eigenvalue weighted by molar-refractivity contribution is 5.43. The van der Waals surface area contributed by atoms with E-state index in [9.17, 15) is 0 Å². The van der Waals surface area contributed by atoms with Crippen LogP contribution in [0, 0.1) is 0 Å². The number of ether oxygens (including phenoxy) is 2. The van der Waals surface area contributed by atoms with Crippen molar-refractivity contribution in [2.75, 3.05) is 13.7 Å². The van der Waals surface area contributed by atoms with E-state index in [2.05, 4.69) is 6.58 Å². The smallest absolute Gasteiger partial charge is 0.161 e. The Balaban J connectivity index is 2.78. The first kappa shape index (κ1) is 13.6. The molecule has 0 aliphatic rings. The number of hydrogen-bond donors (Lipinski definition) is 1. The van der Waals surface area contributed by atoms with Crippen LogP contribution in [0.1, 0.15) is 18.9 Å². The molecule has 94 valence electrons. The molecule has 17 heavy (non-hydrogen) atoms. The fraction of sp³-hybridized carbons (Fsp3) is 0.429. The fourth-order valence-electron chi connectivity index (χ4n) is 1.58. The minimum absolute atomic E-state index is 0.143. The van der Waals surface area contributed by atoms with Crippen molar-refractivity contribution in [3.8, 4) is 11.5 Å². The lowest BCUT2D eigenvalue weighted by Crippen LogP contribution is -2.17. The molecule has 0 aliphatic heterocycles. The maximum absolute atomic E-state index is 5.78. The first-order valence-electron chi connectivity index (χ1n) is 5.83. The molecule has 0 radical (unpaired) electrons. The van der Waals surface area contributed by atoms with Crippen LogP contribution in [0.3, 0.4) is 0 Å². The zero-order chi connectivity index (χ0) is 12.7. The van der Waals surface area contributed by atoms with Crippen LogP contribution in [0.25, 0.3) is 0 Å². The van der Waals surface area contributed by atoms with Gasteiger partial charge in [0.1, 0.15) is 0 Å². The van der Waals surface area contributed by atoms with Crippen molar-refractivity contribution in [2.24, 2.45) is 5.73 Å². The average molecular weight is 235 g/mol. The van der Waals surface area contributed by atoms with Crippen LogP contribution < -0.4 is 15.2 Å². The molecule has 1 unspecified atom stereocenters. The van der Waals surface area contributed by atoms with E-state index in [4.69, 9.17) is 15.2 Å². The Morgan fingerprint density at radius 1 is 1.41 bits per heavy atom. The van der Waals surface area contributed by atoms with Crippen molar-refractivity contribution in [1.82, 2.24) is 0 Å². The molecular weight excluding hydrogens is 214 g/mol. The molecule has 0 saturated carbocycles. The number of benzene rings is 1. The van der Waals surface area contributed by atoms with Gasteiger partial charge < -0.3 is 15.2 Å². The van der Waals surface area contributed by atoms with Gasteiger partial charge in [0.05, 0.1) is 13.7 Å². The van der Waals surface area contributed by atoms with Gasteiger partial charge >= 0.3 is 0 Å². The lowest BCUT2D eigenvalue weighted by Gasteiger charge is -2.12. The van der Waals surface area contributed by atoms with Crippen molar-refractivity contribution >= 4 is 0 Å². The van der Waals surface area contributed by atoms with Crippen molar-refractivity contribution in [3.05, 3.63) is 36.4 Å². The van der Waals surface area contributed by atoms with E-state index in [0.717, 1.165) is 29.9 Å². The number of hydrogen-bond acceptors (Lipinski definition) is 3. The van der Waals surface area contributed by atoms with Gasteiger partial charge in [0.25, 0.3) is 0 Å². The molecule has 0 saturated heterocycles. The van der Waals surface area contributed by atoms with Gasteiger partial charge in [0.2, 0.25) is 0 Å². The van der Waals surface area contributed by atoms with E-state index in [1.807, 2.05) is 31.2 Å². The second-order valence-electron chi connectivity index (χ2n) is 4.09. The van der Waals surface area contributed by atoms with Crippen LogP contribution in [0.4, 0.5) is 0 Å². The van der Waals surface area contributed by atoms with Crippen molar-refractivity contribution < 1.29 is 9.47 Å². The van der Waals surface area contributed by atoms with E-state index in [1.165, 1.54) is 0 Å². The first-order chi connectivity index (χ1) is 8.17. The van der Waals surface area contributed by atoms with Gasteiger partial charge in [-0.2, -0.15) is 0 Å². The first-order valence-corrected chi connectivity index (χ1v) is 5.83. The van der Waals surface area contributed by atoms with Gasteiger partial charge in [0, 0.05) is 6.04 Å². The summed E-state index contributed by atoms with van der Waals surface area (Å²) in [6, 6.07) is 6.07. The summed E-state index contributed by atoms with van der Waals surface area (Å²) in [6.45, 7) is 6.26. The van der Waals surface area contributed by atoms with Gasteiger partial charge in [0.15, 0.2) is 11.5 Å². The average Bonchev–Trinajstić information content (AvgIpc) is 2.29. The molecule has 0 bridgehead atoms. The maximum atomic E-state index is 5.78. The summed E-state index contributed by atoms with van der Waals surface area (Å²) in [5.41, 5.74) is 6.94. The van der Waals surface area contributed by atoms with E-state index >= 15 is 0 Å². The van der Waals surface area contributed by atoms with Crippen LogP contribution in [0.15, 0.2) is 30.9 Å². The largest absolute Gasteiger partial charge is 0.493 e. The molecule has 0 aliphatic carbocycles. The molecule has 0 amide bonds. The molecule has 0 fully saturated rings. The summed E-state index contributed by atoms with van der Waals surface area (Å²) in [5, 5.41) is 0. The fourth-order valence-corrected chi connectivity index (χ4v) is 1.58. The summed E-state index contributed by atoms with van der Waals surface area (Å²) in [7, 11) is 1.64. The molecule has 0 aromatic heterocycles. The Hall–Kier alpha value is -1.48. The Bertz CT molecular complexity index is 361.